The van der Waals surface area contributed by atoms with Gasteiger partial charge in [-0.2, -0.15) is 0 Å². The number of imide groups is 1. The van der Waals surface area contributed by atoms with Gasteiger partial charge in [-0.25, -0.2) is 14.0 Å². The number of amides is 3. The summed E-state index contributed by atoms with van der Waals surface area (Å²) in [4.78, 5) is 35.1. The van der Waals surface area contributed by atoms with Crippen LogP contribution in [-0.4, -0.2) is 30.6 Å². The summed E-state index contributed by atoms with van der Waals surface area (Å²) in [6.45, 7) is 1.52. The fourth-order valence-corrected chi connectivity index (χ4v) is 2.82. The number of hydrogen-bond donors (Lipinski definition) is 2. The van der Waals surface area contributed by atoms with Crippen LogP contribution in [0, 0.1) is 11.7 Å². The maximum atomic E-state index is 12.8. The molecular formula is C19H23FN2O4. The Morgan fingerprint density at radius 2 is 1.88 bits per heavy atom. The van der Waals surface area contributed by atoms with Gasteiger partial charge in [-0.3, -0.25) is 10.1 Å². The van der Waals surface area contributed by atoms with E-state index in [9.17, 15) is 18.8 Å². The Bertz CT molecular complexity index is 673. The molecule has 1 saturated carbocycles. The fourth-order valence-electron chi connectivity index (χ4n) is 2.82. The number of ether oxygens (including phenoxy) is 1. The lowest BCUT2D eigenvalue weighted by Crippen LogP contribution is -2.48. The summed E-state index contributed by atoms with van der Waals surface area (Å²) in [6, 6.07) is 5.02. The van der Waals surface area contributed by atoms with Crippen LogP contribution in [0.15, 0.2) is 30.3 Å². The number of benzene rings is 1. The second-order valence-electron chi connectivity index (χ2n) is 6.38. The number of nitrogens with one attached hydrogen (secondary N) is 2. The number of hydrogen-bond acceptors (Lipinski definition) is 4. The van der Waals surface area contributed by atoms with Crippen LogP contribution in [0.2, 0.25) is 0 Å². The zero-order chi connectivity index (χ0) is 18.9. The molecule has 7 heteroatoms. The summed E-state index contributed by atoms with van der Waals surface area (Å²) in [6.07, 6.45) is 6.73. The molecule has 1 aliphatic carbocycles. The van der Waals surface area contributed by atoms with Crippen LogP contribution in [0.5, 0.6) is 0 Å². The molecule has 6 nitrogen and oxygen atoms in total. The van der Waals surface area contributed by atoms with Crippen LogP contribution in [0.3, 0.4) is 0 Å². The van der Waals surface area contributed by atoms with Crippen molar-refractivity contribution < 1.29 is 23.5 Å². The van der Waals surface area contributed by atoms with Crippen LogP contribution >= 0.6 is 0 Å². The van der Waals surface area contributed by atoms with Gasteiger partial charge in [0.25, 0.3) is 5.91 Å². The molecule has 0 aromatic heterocycles. The Morgan fingerprint density at radius 1 is 1.19 bits per heavy atom. The third-order valence-electron chi connectivity index (χ3n) is 4.31. The van der Waals surface area contributed by atoms with Gasteiger partial charge in [0.05, 0.1) is 0 Å². The van der Waals surface area contributed by atoms with Crippen LogP contribution < -0.4 is 10.6 Å². The lowest BCUT2D eigenvalue weighted by atomic mass is 9.86. The first-order valence-corrected chi connectivity index (χ1v) is 8.65. The smallest absolute Gasteiger partial charge is 0.331 e. The molecule has 0 aliphatic heterocycles. The molecule has 0 bridgehead atoms. The normalized spacial score (nSPS) is 19.8. The monoisotopic (exact) mass is 362 g/mol. The molecule has 0 radical (unpaired) electrons. The Balaban J connectivity index is 1.69. The summed E-state index contributed by atoms with van der Waals surface area (Å²) >= 11 is 0. The minimum Gasteiger partial charge on any atom is -0.452 e. The van der Waals surface area contributed by atoms with Crippen molar-refractivity contribution in [1.82, 2.24) is 10.6 Å². The highest BCUT2D eigenvalue weighted by Gasteiger charge is 2.23. The predicted octanol–water partition coefficient (Wildman–Crippen LogP) is 2.79. The molecule has 2 N–H and O–H groups in total. The van der Waals surface area contributed by atoms with Crippen LogP contribution in [-0.2, 0) is 14.3 Å². The number of esters is 1. The molecule has 1 aromatic rings. The summed E-state index contributed by atoms with van der Waals surface area (Å²) < 4.78 is 17.5. The number of carbonyl (C=O) groups is 3. The molecule has 0 unspecified atom stereocenters. The minimum absolute atomic E-state index is 0.0535. The van der Waals surface area contributed by atoms with Gasteiger partial charge in [0.15, 0.2) is 6.61 Å². The van der Waals surface area contributed by atoms with E-state index in [1.54, 1.807) is 0 Å². The highest BCUT2D eigenvalue weighted by atomic mass is 19.1. The lowest BCUT2D eigenvalue weighted by Gasteiger charge is -2.29. The van der Waals surface area contributed by atoms with Crippen LogP contribution in [0.1, 0.15) is 38.2 Å². The Labute approximate surface area is 151 Å². The number of rotatable bonds is 5. The van der Waals surface area contributed by atoms with E-state index in [2.05, 4.69) is 17.6 Å². The second-order valence-corrected chi connectivity index (χ2v) is 6.38. The maximum Gasteiger partial charge on any atom is 0.331 e. The molecule has 1 fully saturated rings. The first-order chi connectivity index (χ1) is 12.4. The van der Waals surface area contributed by atoms with Gasteiger partial charge in [0.2, 0.25) is 0 Å². The summed E-state index contributed by atoms with van der Waals surface area (Å²) in [5, 5.41) is 4.93. The standard InChI is InChI=1S/C19H23FN2O4/c1-13-4-2-3-5-16(13)21-19(25)22-17(23)12-26-18(24)11-8-14-6-9-15(20)10-7-14/h6-11,13,16H,2-5,12H2,1H3,(H2,21,22,23,25)/b11-8+/t13-,16-/m0/s1. The van der Waals surface area contributed by atoms with E-state index in [0.29, 0.717) is 11.5 Å². The third-order valence-corrected chi connectivity index (χ3v) is 4.31. The van der Waals surface area contributed by atoms with E-state index < -0.39 is 24.5 Å². The van der Waals surface area contributed by atoms with Gasteiger partial charge in [-0.05, 0) is 42.5 Å². The number of urea groups is 1. The second kappa shape index (κ2) is 9.70. The van der Waals surface area contributed by atoms with E-state index in [1.165, 1.54) is 30.3 Å². The highest BCUT2D eigenvalue weighted by Crippen LogP contribution is 2.23. The maximum absolute atomic E-state index is 12.8. The van der Waals surface area contributed by atoms with E-state index >= 15 is 0 Å². The first-order valence-electron chi connectivity index (χ1n) is 8.65. The Morgan fingerprint density at radius 3 is 2.58 bits per heavy atom. The van der Waals surface area contributed by atoms with Crippen molar-refractivity contribution in [2.45, 2.75) is 38.6 Å². The molecule has 3 amide bonds. The van der Waals surface area contributed by atoms with Crippen molar-refractivity contribution in [2.24, 2.45) is 5.92 Å². The molecule has 1 aromatic carbocycles. The van der Waals surface area contributed by atoms with Crippen molar-refractivity contribution >= 4 is 24.0 Å². The van der Waals surface area contributed by atoms with Gasteiger partial charge >= 0.3 is 12.0 Å². The van der Waals surface area contributed by atoms with Gasteiger partial charge < -0.3 is 10.1 Å². The number of carbonyl (C=O) groups excluding carboxylic acids is 3. The summed E-state index contributed by atoms with van der Waals surface area (Å²) in [5.74, 6) is -1.43. The average Bonchev–Trinajstić information content (AvgIpc) is 2.61. The summed E-state index contributed by atoms with van der Waals surface area (Å²) in [5.41, 5.74) is 0.619. The molecule has 0 spiro atoms. The molecule has 140 valence electrons. The Hall–Kier alpha value is -2.70. The molecule has 26 heavy (non-hydrogen) atoms. The van der Waals surface area contributed by atoms with Gasteiger partial charge in [-0.1, -0.05) is 31.9 Å². The SMILES string of the molecule is C[C@H]1CCCC[C@@H]1NC(=O)NC(=O)COC(=O)/C=C/c1ccc(F)cc1. The fraction of sp³-hybridized carbons (Fsp3) is 0.421. The van der Waals surface area contributed by atoms with Crippen molar-refractivity contribution in [3.05, 3.63) is 41.7 Å². The van der Waals surface area contributed by atoms with E-state index in [0.717, 1.165) is 31.8 Å². The third kappa shape index (κ3) is 6.66. The van der Waals surface area contributed by atoms with Crippen molar-refractivity contribution in [2.75, 3.05) is 6.61 Å². The first kappa shape index (κ1) is 19.6. The lowest BCUT2D eigenvalue weighted by molar-refractivity contribution is -0.143. The predicted molar refractivity (Wildman–Crippen MR) is 94.5 cm³/mol. The largest absolute Gasteiger partial charge is 0.452 e. The molecule has 2 atom stereocenters. The average molecular weight is 362 g/mol. The highest BCUT2D eigenvalue weighted by molar-refractivity contribution is 5.96. The van der Waals surface area contributed by atoms with Crippen LogP contribution in [0.25, 0.3) is 6.08 Å². The summed E-state index contributed by atoms with van der Waals surface area (Å²) in [7, 11) is 0. The zero-order valence-electron chi connectivity index (χ0n) is 14.7. The van der Waals surface area contributed by atoms with Gasteiger partial charge in [-0.15, -0.1) is 0 Å². The van der Waals surface area contributed by atoms with E-state index in [-0.39, 0.29) is 11.9 Å². The molecular weight excluding hydrogens is 339 g/mol. The van der Waals surface area contributed by atoms with Crippen molar-refractivity contribution in [3.63, 3.8) is 0 Å². The van der Waals surface area contributed by atoms with E-state index in [4.69, 9.17) is 4.74 Å². The van der Waals surface area contributed by atoms with Crippen molar-refractivity contribution in [1.29, 1.82) is 0 Å². The van der Waals surface area contributed by atoms with E-state index in [1.807, 2.05) is 0 Å². The topological polar surface area (TPSA) is 84.5 Å². The Kier molecular flexibility index (Phi) is 7.32. The quantitative estimate of drug-likeness (QED) is 0.623. The van der Waals surface area contributed by atoms with Crippen LogP contribution in [0.4, 0.5) is 9.18 Å². The van der Waals surface area contributed by atoms with Crippen molar-refractivity contribution in [3.8, 4) is 0 Å². The molecule has 2 rings (SSSR count). The van der Waals surface area contributed by atoms with Gasteiger partial charge in [0, 0.05) is 12.1 Å². The number of halogens is 1. The zero-order valence-corrected chi connectivity index (χ0v) is 14.7. The molecule has 1 aliphatic rings. The molecule has 0 saturated heterocycles. The van der Waals surface area contributed by atoms with Gasteiger partial charge in [0.1, 0.15) is 5.82 Å². The minimum atomic E-state index is -0.731. The molecule has 0 heterocycles.